The summed E-state index contributed by atoms with van der Waals surface area (Å²) in [5.41, 5.74) is -5.02. The Kier molecular flexibility index (Phi) is 12.4. The fourth-order valence-electron chi connectivity index (χ4n) is 10.5. The normalized spacial score (nSPS) is 27.7. The first-order chi connectivity index (χ1) is 34.5. The number of amidine groups is 1. The average Bonchev–Trinajstić information content (AvgIpc) is 4.16. The van der Waals surface area contributed by atoms with E-state index in [1.165, 1.54) is 73.1 Å². The van der Waals surface area contributed by atoms with Gasteiger partial charge in [-0.3, -0.25) is 10.4 Å². The predicted molar refractivity (Wildman–Crippen MR) is 256 cm³/mol. The maximum Gasteiger partial charge on any atom is 0.336 e. The van der Waals surface area contributed by atoms with Gasteiger partial charge in [0.1, 0.15) is 76.0 Å². The molecule has 2 aliphatic carbocycles. The van der Waals surface area contributed by atoms with E-state index in [1.54, 1.807) is 36.4 Å². The van der Waals surface area contributed by atoms with Crippen molar-refractivity contribution in [3.05, 3.63) is 131 Å². The second kappa shape index (κ2) is 18.5. The number of carbonyl (C=O) groups is 1. The molecule has 0 amide bonds. The molecule has 1 saturated heterocycles. The monoisotopic (exact) mass is 986 g/mol. The van der Waals surface area contributed by atoms with E-state index in [-0.39, 0.29) is 64.4 Å². The van der Waals surface area contributed by atoms with Gasteiger partial charge < -0.3 is 74.7 Å². The molecule has 2 fully saturated rings. The SMILES string of the molecule is N=C1C=CC(C(O)C(CO)Oc2ccc(C3C=C(O)c4c(cc(OC5OC(C(=O)O)C6(O)C(C7=NC=NC7)C(Cc7cccc(O)c7)=CC5(O)C6O)c(OC5(c6cccc(O)c6)CCCC5)c4O)O3)cc2)=N1. The van der Waals surface area contributed by atoms with Gasteiger partial charge in [0.05, 0.1) is 30.5 Å². The molecule has 0 radical (unpaired) electrons. The van der Waals surface area contributed by atoms with E-state index in [4.69, 9.17) is 29.1 Å². The highest BCUT2D eigenvalue weighted by molar-refractivity contribution is 6.16. The Labute approximate surface area is 410 Å². The molecule has 4 aromatic rings. The van der Waals surface area contributed by atoms with Crippen molar-refractivity contribution in [1.82, 2.24) is 0 Å². The number of aliphatic hydroxyl groups excluding tert-OH is 4. The van der Waals surface area contributed by atoms with Crippen molar-refractivity contribution in [3.63, 3.8) is 0 Å². The van der Waals surface area contributed by atoms with E-state index in [2.05, 4.69) is 15.0 Å². The van der Waals surface area contributed by atoms with Crippen LogP contribution in [0.25, 0.3) is 5.76 Å². The Morgan fingerprint density at radius 3 is 2.33 bits per heavy atom. The van der Waals surface area contributed by atoms with Crippen molar-refractivity contribution in [2.75, 3.05) is 13.2 Å². The molecular weight excluding hydrogens is 937 g/mol. The molecule has 4 heterocycles. The van der Waals surface area contributed by atoms with Gasteiger partial charge in [0.15, 0.2) is 29.3 Å². The van der Waals surface area contributed by atoms with Crippen LogP contribution in [-0.2, 0) is 21.6 Å². The number of aromatic hydroxyl groups is 3. The van der Waals surface area contributed by atoms with Gasteiger partial charge in [-0.1, -0.05) is 42.0 Å². The number of aliphatic imine (C=N–C) groups is 3. The summed E-state index contributed by atoms with van der Waals surface area (Å²) in [6.45, 7) is -0.659. The molecular formula is C52H50N4O16. The van der Waals surface area contributed by atoms with Crippen LogP contribution in [-0.4, -0.2) is 136 Å². The van der Waals surface area contributed by atoms with E-state index < -0.39 is 95.1 Å². The van der Waals surface area contributed by atoms with Gasteiger partial charge in [0.2, 0.25) is 12.0 Å². The number of phenolic OH excluding ortho intramolecular Hbond substituents is 3. The molecule has 9 atom stereocenters. The highest BCUT2D eigenvalue weighted by Crippen LogP contribution is 2.57. The average molecular weight is 987 g/mol. The van der Waals surface area contributed by atoms with E-state index in [0.29, 0.717) is 42.4 Å². The standard InChI is InChI=1S/C52H50N4O16/c53-40-14-13-33(56-40)43(61)39(24-57)68-32-11-9-27(10-12-32)36-20-35(60)41-37(69-36)21-38(45(44(41)62)72-50(15-1-2-16-50)29-6-4-8-31(59)19-29)70-49-51(66)22-28(17-26-5-3-7-30(58)18-26)42(34-23-54-25-55-34)52(67,48(51)65)46(71-49)47(63)64/h3-14,18-22,25,36,39,42-43,46,48-49,53,57-62,65-67H,1-2,15-17,23-24H2,(H,63,64). The summed E-state index contributed by atoms with van der Waals surface area (Å²) in [6.07, 6.45) is -1.76. The van der Waals surface area contributed by atoms with Crippen LogP contribution in [0.4, 0.5) is 0 Å². The van der Waals surface area contributed by atoms with Gasteiger partial charge in [0, 0.05) is 12.1 Å². The smallest absolute Gasteiger partial charge is 0.336 e. The minimum atomic E-state index is -2.80. The van der Waals surface area contributed by atoms with Crippen LogP contribution in [0.2, 0.25) is 0 Å². The summed E-state index contributed by atoms with van der Waals surface area (Å²) in [7, 11) is 0. The minimum absolute atomic E-state index is 0.0576. The molecule has 20 nitrogen and oxygen atoms in total. The van der Waals surface area contributed by atoms with Crippen LogP contribution < -0.4 is 18.9 Å². The molecule has 1 saturated carbocycles. The summed E-state index contributed by atoms with van der Waals surface area (Å²) in [5, 5.41) is 122. The first kappa shape index (κ1) is 48.1. The Balaban J connectivity index is 1.05. The predicted octanol–water partition coefficient (Wildman–Crippen LogP) is 4.07. The van der Waals surface area contributed by atoms with Crippen LogP contribution in [0.3, 0.4) is 0 Å². The fraction of sp³-hybridized carbons (Fsp3) is 0.327. The quantitative estimate of drug-likeness (QED) is 0.0748. The van der Waals surface area contributed by atoms with Crippen molar-refractivity contribution < 1.29 is 79.5 Å². The molecule has 4 aromatic carbocycles. The zero-order valence-corrected chi connectivity index (χ0v) is 38.1. The van der Waals surface area contributed by atoms with Crippen molar-refractivity contribution in [2.45, 2.75) is 85.7 Å². The first-order valence-electron chi connectivity index (χ1n) is 23.1. The zero-order chi connectivity index (χ0) is 50.7. The third-order valence-electron chi connectivity index (χ3n) is 13.9. The highest BCUT2D eigenvalue weighted by Gasteiger charge is 2.71. The summed E-state index contributed by atoms with van der Waals surface area (Å²) in [6, 6.07) is 20.0. The Hall–Kier alpha value is -7.59. The number of fused-ring (bicyclic) bond motifs is 3. The molecule has 6 aliphatic rings. The number of phenols is 3. The lowest BCUT2D eigenvalue weighted by Crippen LogP contribution is -2.79. The third-order valence-corrected chi connectivity index (χ3v) is 13.9. The van der Waals surface area contributed by atoms with Gasteiger partial charge >= 0.3 is 5.97 Å². The molecule has 11 N–H and O–H groups in total. The minimum Gasteiger partial charge on any atom is -0.508 e. The number of carboxylic acid groups (broad SMARTS) is 1. The maximum absolute atomic E-state index is 13.3. The van der Waals surface area contributed by atoms with Crippen LogP contribution in [0.1, 0.15) is 54.0 Å². The number of aliphatic carboxylic acids is 1. The first-order valence-corrected chi connectivity index (χ1v) is 23.1. The molecule has 72 heavy (non-hydrogen) atoms. The van der Waals surface area contributed by atoms with Crippen LogP contribution >= 0.6 is 0 Å². The highest BCUT2D eigenvalue weighted by atomic mass is 16.7. The molecule has 2 bridgehead atoms. The summed E-state index contributed by atoms with van der Waals surface area (Å²) in [5.74, 6) is -5.26. The number of nitrogens with zero attached hydrogens (tertiary/aromatic N) is 3. The van der Waals surface area contributed by atoms with Crippen LogP contribution in [0.15, 0.2) is 124 Å². The van der Waals surface area contributed by atoms with Crippen LogP contribution in [0.5, 0.6) is 40.2 Å². The molecule has 374 valence electrons. The number of hydrogen-bond donors (Lipinski definition) is 11. The lowest BCUT2D eigenvalue weighted by Gasteiger charge is -2.57. The topological polar surface area (TPSA) is 326 Å². The number of hydrogen-bond acceptors (Lipinski definition) is 18. The van der Waals surface area contributed by atoms with E-state index in [9.17, 15) is 55.9 Å². The van der Waals surface area contributed by atoms with Crippen molar-refractivity contribution in [1.29, 1.82) is 5.41 Å². The van der Waals surface area contributed by atoms with E-state index >= 15 is 0 Å². The molecule has 0 aromatic heterocycles. The van der Waals surface area contributed by atoms with Crippen LogP contribution in [0, 0.1) is 11.3 Å². The van der Waals surface area contributed by atoms with Crippen molar-refractivity contribution >= 4 is 35.3 Å². The summed E-state index contributed by atoms with van der Waals surface area (Å²) >= 11 is 0. The summed E-state index contributed by atoms with van der Waals surface area (Å²) in [4.78, 5) is 25.7. The molecule has 0 spiro atoms. The van der Waals surface area contributed by atoms with Gasteiger partial charge in [0.25, 0.3) is 0 Å². The molecule has 20 heteroatoms. The second-order valence-corrected chi connectivity index (χ2v) is 18.5. The Morgan fingerprint density at radius 1 is 0.944 bits per heavy atom. The van der Waals surface area contributed by atoms with E-state index in [1.807, 2.05) is 0 Å². The largest absolute Gasteiger partial charge is 0.508 e. The number of rotatable bonds is 15. The molecule has 4 aliphatic heterocycles. The number of benzene rings is 4. The third kappa shape index (κ3) is 8.40. The summed E-state index contributed by atoms with van der Waals surface area (Å²) < 4.78 is 31.6. The Morgan fingerprint density at radius 2 is 1.68 bits per heavy atom. The fourth-order valence-corrected chi connectivity index (χ4v) is 10.5. The second-order valence-electron chi connectivity index (χ2n) is 18.5. The number of aliphatic hydroxyl groups is 6. The molecule has 10 rings (SSSR count). The van der Waals surface area contributed by atoms with Crippen molar-refractivity contribution in [2.24, 2.45) is 20.9 Å². The number of carboxylic acids is 1. The van der Waals surface area contributed by atoms with Gasteiger partial charge in [-0.2, -0.15) is 0 Å². The lowest BCUT2D eigenvalue weighted by atomic mass is 9.60. The van der Waals surface area contributed by atoms with Gasteiger partial charge in [-0.15, -0.1) is 0 Å². The van der Waals surface area contributed by atoms with E-state index in [0.717, 1.165) is 0 Å². The molecule has 9 unspecified atom stereocenters. The van der Waals surface area contributed by atoms with Gasteiger partial charge in [-0.25, -0.2) is 14.8 Å². The zero-order valence-electron chi connectivity index (χ0n) is 38.1. The number of ether oxygens (including phenoxy) is 5. The lowest BCUT2D eigenvalue weighted by molar-refractivity contribution is -0.338. The number of nitrogens with one attached hydrogen (secondary N) is 1. The van der Waals surface area contributed by atoms with Gasteiger partial charge in [-0.05, 0) is 103 Å². The van der Waals surface area contributed by atoms with Crippen molar-refractivity contribution in [3.8, 4) is 40.2 Å². The Bertz CT molecular complexity index is 3020. The maximum atomic E-state index is 13.3.